The molecule has 0 unspecified atom stereocenters. The predicted molar refractivity (Wildman–Crippen MR) is 80.8 cm³/mol. The molecule has 0 aliphatic carbocycles. The normalized spacial score (nSPS) is 17.8. The lowest BCUT2D eigenvalue weighted by molar-refractivity contribution is 0.128. The fraction of sp³-hybridized carbons (Fsp3) is 0.800. The number of nitrogens with zero attached hydrogens (tertiary/aromatic N) is 2. The van der Waals surface area contributed by atoms with Gasteiger partial charge in [-0.3, -0.25) is 4.68 Å². The zero-order chi connectivity index (χ0) is 14.0. The molecule has 1 aromatic rings. The van der Waals surface area contributed by atoms with Gasteiger partial charge < -0.3 is 5.32 Å². The van der Waals surface area contributed by atoms with Gasteiger partial charge in [0.05, 0.1) is 16.4 Å². The molecule has 0 saturated carbocycles. The summed E-state index contributed by atoms with van der Waals surface area (Å²) in [5.74, 6) is 0.726. The summed E-state index contributed by atoms with van der Waals surface area (Å²) in [6.07, 6.45) is 3.22. The van der Waals surface area contributed by atoms with Crippen LogP contribution in [0.4, 0.5) is 0 Å². The Morgan fingerprint density at radius 3 is 2.47 bits per heavy atom. The second kappa shape index (κ2) is 5.84. The van der Waals surface area contributed by atoms with Gasteiger partial charge in [0.1, 0.15) is 0 Å². The lowest BCUT2D eigenvalue weighted by Crippen LogP contribution is -2.55. The maximum absolute atomic E-state index is 6.53. The third kappa shape index (κ3) is 2.97. The molecule has 0 aromatic carbocycles. The molecular formula is C15H26ClN3. The van der Waals surface area contributed by atoms with Gasteiger partial charge in [0.15, 0.2) is 0 Å². The van der Waals surface area contributed by atoms with Crippen molar-refractivity contribution in [2.24, 2.45) is 11.3 Å². The van der Waals surface area contributed by atoms with Crippen LogP contribution in [-0.2, 0) is 19.4 Å². The maximum Gasteiger partial charge on any atom is 0.0850 e. The number of rotatable bonds is 6. The Bertz CT molecular complexity index is 433. The van der Waals surface area contributed by atoms with E-state index in [9.17, 15) is 0 Å². The molecule has 0 radical (unpaired) electrons. The van der Waals surface area contributed by atoms with Crippen LogP contribution in [0.25, 0.3) is 0 Å². The summed E-state index contributed by atoms with van der Waals surface area (Å²) in [7, 11) is 0. The molecule has 3 nitrogen and oxygen atoms in total. The van der Waals surface area contributed by atoms with E-state index in [-0.39, 0.29) is 0 Å². The predicted octanol–water partition coefficient (Wildman–Crippen LogP) is 3.30. The van der Waals surface area contributed by atoms with Crippen LogP contribution in [0.5, 0.6) is 0 Å². The Morgan fingerprint density at radius 2 is 2.05 bits per heavy atom. The molecule has 1 aliphatic rings. The average Bonchev–Trinajstić information content (AvgIpc) is 2.62. The highest BCUT2D eigenvalue weighted by molar-refractivity contribution is 6.31. The van der Waals surface area contributed by atoms with Crippen molar-refractivity contribution in [3.63, 3.8) is 0 Å². The van der Waals surface area contributed by atoms with Gasteiger partial charge in [-0.2, -0.15) is 5.10 Å². The fourth-order valence-electron chi connectivity index (χ4n) is 3.23. The number of aromatic nitrogens is 2. The van der Waals surface area contributed by atoms with Gasteiger partial charge in [-0.25, -0.2) is 0 Å². The quantitative estimate of drug-likeness (QED) is 0.868. The number of halogens is 1. The van der Waals surface area contributed by atoms with Crippen molar-refractivity contribution >= 4 is 11.6 Å². The summed E-state index contributed by atoms with van der Waals surface area (Å²) in [5.41, 5.74) is 2.67. The zero-order valence-electron chi connectivity index (χ0n) is 12.6. The Morgan fingerprint density at radius 1 is 1.37 bits per heavy atom. The van der Waals surface area contributed by atoms with Gasteiger partial charge in [-0.05, 0) is 32.1 Å². The molecule has 2 rings (SSSR count). The number of hydrogen-bond donors (Lipinski definition) is 1. The standard InChI is InChI=1S/C15H26ClN3/c1-5-12-14(16)13(19(6-2)18-12)8-15(7-11(3)4)9-17-10-15/h11,17H,5-10H2,1-4H3. The molecule has 19 heavy (non-hydrogen) atoms. The summed E-state index contributed by atoms with van der Waals surface area (Å²) >= 11 is 6.53. The minimum absolute atomic E-state index is 0.385. The topological polar surface area (TPSA) is 29.9 Å². The lowest BCUT2D eigenvalue weighted by atomic mass is 9.72. The highest BCUT2D eigenvalue weighted by Crippen LogP contribution is 2.37. The SMILES string of the molecule is CCc1nn(CC)c(CC2(CC(C)C)CNC2)c1Cl. The van der Waals surface area contributed by atoms with Crippen molar-refractivity contribution in [1.29, 1.82) is 0 Å². The summed E-state index contributed by atoms with van der Waals surface area (Å²) < 4.78 is 2.10. The first kappa shape index (κ1) is 14.9. The number of aryl methyl sites for hydroxylation is 2. The molecule has 0 spiro atoms. The van der Waals surface area contributed by atoms with Gasteiger partial charge in [-0.15, -0.1) is 0 Å². The number of hydrogen-bond acceptors (Lipinski definition) is 2. The Balaban J connectivity index is 2.24. The highest BCUT2D eigenvalue weighted by Gasteiger charge is 2.39. The Kier molecular flexibility index (Phi) is 4.57. The van der Waals surface area contributed by atoms with E-state index in [1.165, 1.54) is 12.1 Å². The van der Waals surface area contributed by atoms with Crippen LogP contribution in [0, 0.1) is 11.3 Å². The molecule has 1 aliphatic heterocycles. The third-order valence-electron chi connectivity index (χ3n) is 4.08. The van der Waals surface area contributed by atoms with Crippen LogP contribution in [0.2, 0.25) is 5.02 Å². The van der Waals surface area contributed by atoms with Gasteiger partial charge in [-0.1, -0.05) is 32.4 Å². The van der Waals surface area contributed by atoms with E-state index in [1.807, 2.05) is 0 Å². The van der Waals surface area contributed by atoms with Crippen LogP contribution in [0.3, 0.4) is 0 Å². The van der Waals surface area contributed by atoms with Gasteiger partial charge in [0.25, 0.3) is 0 Å². The third-order valence-corrected chi connectivity index (χ3v) is 4.51. The average molecular weight is 284 g/mol. The minimum atomic E-state index is 0.385. The molecule has 2 heterocycles. The first-order chi connectivity index (χ1) is 9.01. The van der Waals surface area contributed by atoms with Crippen LogP contribution < -0.4 is 5.32 Å². The van der Waals surface area contributed by atoms with Gasteiger partial charge in [0, 0.05) is 25.0 Å². The molecule has 4 heteroatoms. The molecule has 0 amide bonds. The van der Waals surface area contributed by atoms with Crippen LogP contribution in [0.15, 0.2) is 0 Å². The van der Waals surface area contributed by atoms with E-state index >= 15 is 0 Å². The molecular weight excluding hydrogens is 258 g/mol. The van der Waals surface area contributed by atoms with Crippen molar-refractivity contribution in [1.82, 2.24) is 15.1 Å². The van der Waals surface area contributed by atoms with Crippen LogP contribution in [-0.4, -0.2) is 22.9 Å². The molecule has 1 aromatic heterocycles. The summed E-state index contributed by atoms with van der Waals surface area (Å²) in [6, 6.07) is 0. The van der Waals surface area contributed by atoms with Crippen molar-refractivity contribution in [3.05, 3.63) is 16.4 Å². The monoisotopic (exact) mass is 283 g/mol. The van der Waals surface area contributed by atoms with Crippen molar-refractivity contribution in [2.75, 3.05) is 13.1 Å². The van der Waals surface area contributed by atoms with E-state index in [1.54, 1.807) is 0 Å². The molecule has 1 N–H and O–H groups in total. The largest absolute Gasteiger partial charge is 0.316 e. The van der Waals surface area contributed by atoms with Gasteiger partial charge >= 0.3 is 0 Å². The molecule has 108 valence electrons. The summed E-state index contributed by atoms with van der Waals surface area (Å²) in [5, 5.41) is 8.97. The van der Waals surface area contributed by atoms with Crippen LogP contribution in [0.1, 0.15) is 45.5 Å². The first-order valence-electron chi connectivity index (χ1n) is 7.46. The molecule has 0 atom stereocenters. The smallest absolute Gasteiger partial charge is 0.0850 e. The Hall–Kier alpha value is -0.540. The zero-order valence-corrected chi connectivity index (χ0v) is 13.3. The highest BCUT2D eigenvalue weighted by atomic mass is 35.5. The molecule has 1 fully saturated rings. The number of nitrogens with one attached hydrogen (secondary N) is 1. The maximum atomic E-state index is 6.53. The van der Waals surface area contributed by atoms with Gasteiger partial charge in [0.2, 0.25) is 0 Å². The van der Waals surface area contributed by atoms with Crippen LogP contribution >= 0.6 is 11.6 Å². The van der Waals surface area contributed by atoms with E-state index in [4.69, 9.17) is 11.6 Å². The second-order valence-electron chi connectivity index (χ2n) is 6.25. The molecule has 0 bridgehead atoms. The van der Waals surface area contributed by atoms with Crippen molar-refractivity contribution < 1.29 is 0 Å². The van der Waals surface area contributed by atoms with E-state index in [0.29, 0.717) is 5.41 Å². The minimum Gasteiger partial charge on any atom is -0.316 e. The summed E-state index contributed by atoms with van der Waals surface area (Å²) in [4.78, 5) is 0. The first-order valence-corrected chi connectivity index (χ1v) is 7.84. The van der Waals surface area contributed by atoms with E-state index < -0.39 is 0 Å². The fourth-order valence-corrected chi connectivity index (χ4v) is 3.56. The lowest BCUT2D eigenvalue weighted by Gasteiger charge is -2.44. The Labute approximate surface area is 121 Å². The van der Waals surface area contributed by atoms with E-state index in [0.717, 1.165) is 49.1 Å². The second-order valence-corrected chi connectivity index (χ2v) is 6.63. The van der Waals surface area contributed by atoms with E-state index in [2.05, 4.69) is 42.8 Å². The van der Waals surface area contributed by atoms with Crippen molar-refractivity contribution in [2.45, 2.75) is 53.5 Å². The summed E-state index contributed by atoms with van der Waals surface area (Å²) in [6.45, 7) is 12.0. The molecule has 1 saturated heterocycles. The van der Waals surface area contributed by atoms with Crippen molar-refractivity contribution in [3.8, 4) is 0 Å².